The predicted octanol–water partition coefficient (Wildman–Crippen LogP) is 0.723. The number of anilines is 1. The van der Waals surface area contributed by atoms with Gasteiger partial charge in [-0.3, -0.25) is 4.57 Å². The zero-order chi connectivity index (χ0) is 15.0. The molecule has 0 saturated carbocycles. The van der Waals surface area contributed by atoms with Gasteiger partial charge in [0, 0.05) is 5.92 Å². The Kier molecular flexibility index (Phi) is 3.64. The van der Waals surface area contributed by atoms with Crippen LogP contribution in [0, 0.1) is 5.92 Å². The van der Waals surface area contributed by atoms with Crippen LogP contribution in [0.2, 0.25) is 0 Å². The molecule has 1 saturated heterocycles. The molecule has 0 spiro atoms. The van der Waals surface area contributed by atoms with Crippen molar-refractivity contribution in [2.24, 2.45) is 5.92 Å². The molecule has 1 aliphatic heterocycles. The van der Waals surface area contributed by atoms with E-state index in [9.17, 15) is 5.11 Å². The Morgan fingerprint density at radius 1 is 1.52 bits per heavy atom. The van der Waals surface area contributed by atoms with Crippen LogP contribution in [0.25, 0.3) is 11.2 Å². The first-order chi connectivity index (χ1) is 10.1. The fourth-order valence-electron chi connectivity index (χ4n) is 2.71. The normalized spacial score (nSPS) is 25.6. The molecule has 2 aromatic heterocycles. The van der Waals surface area contributed by atoms with Gasteiger partial charge >= 0.3 is 0 Å². The third kappa shape index (κ3) is 2.40. The van der Waals surface area contributed by atoms with Gasteiger partial charge in [-0.05, 0) is 13.3 Å². The van der Waals surface area contributed by atoms with E-state index in [2.05, 4.69) is 21.9 Å². The Morgan fingerprint density at radius 3 is 3.00 bits per heavy atom. The molecule has 3 rings (SSSR count). The zero-order valence-electron chi connectivity index (χ0n) is 12.1. The van der Waals surface area contributed by atoms with Crippen molar-refractivity contribution in [1.29, 1.82) is 0 Å². The molecule has 114 valence electrons. The highest BCUT2D eigenvalue weighted by atomic mass is 16.5. The second kappa shape index (κ2) is 5.45. The Labute approximate surface area is 121 Å². The van der Waals surface area contributed by atoms with Crippen LogP contribution in [0.15, 0.2) is 6.33 Å². The maximum atomic E-state index is 9.26. The van der Waals surface area contributed by atoms with Crippen molar-refractivity contribution >= 4 is 17.1 Å². The Morgan fingerprint density at radius 2 is 2.33 bits per heavy atom. The van der Waals surface area contributed by atoms with Crippen LogP contribution in [0.4, 0.5) is 5.95 Å². The number of hydrogen-bond donors (Lipinski definition) is 2. The van der Waals surface area contributed by atoms with Gasteiger partial charge in [-0.2, -0.15) is 9.97 Å². The van der Waals surface area contributed by atoms with Crippen molar-refractivity contribution < 1.29 is 14.6 Å². The second-order valence-electron chi connectivity index (χ2n) is 5.19. The smallest absolute Gasteiger partial charge is 0.247 e. The summed E-state index contributed by atoms with van der Waals surface area (Å²) in [6, 6.07) is 0. The molecule has 2 aromatic rings. The van der Waals surface area contributed by atoms with Gasteiger partial charge in [0.05, 0.1) is 25.6 Å². The van der Waals surface area contributed by atoms with Crippen molar-refractivity contribution in [2.75, 3.05) is 18.9 Å². The zero-order valence-corrected chi connectivity index (χ0v) is 12.1. The van der Waals surface area contributed by atoms with E-state index in [-0.39, 0.29) is 30.8 Å². The minimum atomic E-state index is -0.226. The van der Waals surface area contributed by atoms with Crippen molar-refractivity contribution in [2.45, 2.75) is 32.6 Å². The quantitative estimate of drug-likeness (QED) is 0.855. The molecule has 21 heavy (non-hydrogen) atoms. The largest absolute Gasteiger partial charge is 0.476 e. The number of nitrogens with zero attached hydrogens (tertiary/aromatic N) is 4. The van der Waals surface area contributed by atoms with Crippen LogP contribution in [0.5, 0.6) is 5.88 Å². The third-order valence-corrected chi connectivity index (χ3v) is 3.62. The third-order valence-electron chi connectivity index (χ3n) is 3.62. The van der Waals surface area contributed by atoms with Crippen LogP contribution in [0.1, 0.15) is 26.5 Å². The highest BCUT2D eigenvalue weighted by molar-refractivity contribution is 5.77. The monoisotopic (exact) mass is 293 g/mol. The molecular weight excluding hydrogens is 274 g/mol. The number of nitrogen functional groups attached to an aromatic ring is 1. The lowest BCUT2D eigenvalue weighted by Crippen LogP contribution is -2.15. The van der Waals surface area contributed by atoms with Gasteiger partial charge in [0.25, 0.3) is 0 Å². The highest BCUT2D eigenvalue weighted by Crippen LogP contribution is 2.36. The first-order valence-electron chi connectivity index (χ1n) is 7.03. The minimum Gasteiger partial charge on any atom is -0.476 e. The summed E-state index contributed by atoms with van der Waals surface area (Å²) in [5, 5.41) is 9.26. The standard InChI is InChI=1S/C13H19N5O3/c1-3-20-11-9-10(16-13(14)17-11)18(6-15-9)12-7(2)4-8(5-19)21-12/h6-8,12,19H,3-5H2,1-2H3,(H2,14,16,17)/t7-,8-,12?/m0/s1. The van der Waals surface area contributed by atoms with Crippen molar-refractivity contribution in [3.8, 4) is 5.88 Å². The number of fused-ring (bicyclic) bond motifs is 1. The molecular formula is C13H19N5O3. The Bertz CT molecular complexity index is 644. The number of aliphatic hydroxyl groups excluding tert-OH is 1. The second-order valence-corrected chi connectivity index (χ2v) is 5.19. The molecule has 3 N–H and O–H groups in total. The van der Waals surface area contributed by atoms with Crippen LogP contribution in [-0.2, 0) is 4.74 Å². The number of aliphatic hydroxyl groups is 1. The topological polar surface area (TPSA) is 108 Å². The maximum absolute atomic E-state index is 9.26. The summed E-state index contributed by atoms with van der Waals surface area (Å²) in [6.07, 6.45) is 2.06. The SMILES string of the molecule is CCOc1nc(N)nc2c1ncn2C1O[C@H](CO)C[C@@H]1C. The fourth-order valence-corrected chi connectivity index (χ4v) is 2.71. The van der Waals surface area contributed by atoms with Gasteiger partial charge < -0.3 is 20.3 Å². The number of aromatic nitrogens is 4. The molecule has 0 aromatic carbocycles. The van der Waals surface area contributed by atoms with E-state index in [1.165, 1.54) is 0 Å². The molecule has 0 bridgehead atoms. The number of rotatable bonds is 4. The van der Waals surface area contributed by atoms with Crippen molar-refractivity contribution in [1.82, 2.24) is 19.5 Å². The van der Waals surface area contributed by atoms with E-state index in [0.29, 0.717) is 23.7 Å². The highest BCUT2D eigenvalue weighted by Gasteiger charge is 2.34. The average Bonchev–Trinajstić information content (AvgIpc) is 3.02. The summed E-state index contributed by atoms with van der Waals surface area (Å²) in [4.78, 5) is 12.6. The minimum absolute atomic E-state index is 0.00872. The number of nitrogens with two attached hydrogens (primary N) is 1. The Balaban J connectivity index is 2.04. The lowest BCUT2D eigenvalue weighted by molar-refractivity contribution is -0.0294. The molecule has 8 nitrogen and oxygen atoms in total. The summed E-state index contributed by atoms with van der Waals surface area (Å²) in [5.41, 5.74) is 6.89. The van der Waals surface area contributed by atoms with E-state index < -0.39 is 0 Å². The van der Waals surface area contributed by atoms with Crippen LogP contribution < -0.4 is 10.5 Å². The summed E-state index contributed by atoms with van der Waals surface area (Å²) < 4.78 is 13.1. The van der Waals surface area contributed by atoms with E-state index in [4.69, 9.17) is 15.2 Å². The Hall–Kier alpha value is -1.93. The van der Waals surface area contributed by atoms with Gasteiger partial charge in [0.1, 0.15) is 6.23 Å². The molecule has 0 radical (unpaired) electrons. The summed E-state index contributed by atoms with van der Waals surface area (Å²) in [7, 11) is 0. The van der Waals surface area contributed by atoms with Gasteiger partial charge in [0.15, 0.2) is 11.2 Å². The lowest BCUT2D eigenvalue weighted by Gasteiger charge is -2.17. The van der Waals surface area contributed by atoms with Crippen LogP contribution in [0.3, 0.4) is 0 Å². The average molecular weight is 293 g/mol. The fraction of sp³-hybridized carbons (Fsp3) is 0.615. The first kappa shape index (κ1) is 14.0. The van der Waals surface area contributed by atoms with Gasteiger partial charge in [-0.15, -0.1) is 0 Å². The molecule has 1 fully saturated rings. The van der Waals surface area contributed by atoms with E-state index in [1.807, 2.05) is 11.5 Å². The van der Waals surface area contributed by atoms with Crippen LogP contribution in [-0.4, -0.2) is 43.9 Å². The van der Waals surface area contributed by atoms with Gasteiger partial charge in [0.2, 0.25) is 11.8 Å². The summed E-state index contributed by atoms with van der Waals surface area (Å²) in [6.45, 7) is 4.42. The van der Waals surface area contributed by atoms with E-state index >= 15 is 0 Å². The molecule has 8 heteroatoms. The first-order valence-corrected chi connectivity index (χ1v) is 7.03. The number of hydrogen-bond acceptors (Lipinski definition) is 7. The predicted molar refractivity (Wildman–Crippen MR) is 75.7 cm³/mol. The van der Waals surface area contributed by atoms with Gasteiger partial charge in [-0.25, -0.2) is 4.98 Å². The van der Waals surface area contributed by atoms with Crippen molar-refractivity contribution in [3.05, 3.63) is 6.33 Å². The maximum Gasteiger partial charge on any atom is 0.247 e. The summed E-state index contributed by atoms with van der Waals surface area (Å²) >= 11 is 0. The molecule has 0 aliphatic carbocycles. The van der Waals surface area contributed by atoms with Crippen molar-refractivity contribution in [3.63, 3.8) is 0 Å². The van der Waals surface area contributed by atoms with E-state index in [1.54, 1.807) is 6.33 Å². The van der Waals surface area contributed by atoms with Crippen LogP contribution >= 0.6 is 0 Å². The molecule has 3 heterocycles. The van der Waals surface area contributed by atoms with E-state index in [0.717, 1.165) is 6.42 Å². The molecule has 3 atom stereocenters. The number of ether oxygens (including phenoxy) is 2. The van der Waals surface area contributed by atoms with Gasteiger partial charge in [-0.1, -0.05) is 6.92 Å². The number of imidazole rings is 1. The summed E-state index contributed by atoms with van der Waals surface area (Å²) in [5.74, 6) is 0.756. The molecule has 0 amide bonds. The molecule has 1 unspecified atom stereocenters. The lowest BCUT2D eigenvalue weighted by atomic mass is 10.1. The molecule has 1 aliphatic rings.